The van der Waals surface area contributed by atoms with Crippen molar-refractivity contribution in [2.45, 2.75) is 45.6 Å². The Morgan fingerprint density at radius 2 is 1.91 bits per heavy atom. The van der Waals surface area contributed by atoms with Gasteiger partial charge in [0.25, 0.3) is 0 Å². The van der Waals surface area contributed by atoms with E-state index >= 15 is 0 Å². The molecule has 2 saturated heterocycles. The summed E-state index contributed by atoms with van der Waals surface area (Å²) in [6.07, 6.45) is 5.17. The van der Waals surface area contributed by atoms with Gasteiger partial charge in [-0.1, -0.05) is 58.3 Å². The highest BCUT2D eigenvalue weighted by molar-refractivity contribution is 9.10. The first kappa shape index (κ1) is 24.0. The number of hydrogen-bond donors (Lipinski definition) is 1. The molecule has 0 unspecified atom stereocenters. The fourth-order valence-corrected chi connectivity index (χ4v) is 6.37. The number of allylic oxidation sites excluding steroid dienone is 2. The van der Waals surface area contributed by atoms with Gasteiger partial charge >= 0.3 is 0 Å². The molecule has 0 saturated carbocycles. The van der Waals surface area contributed by atoms with Crippen molar-refractivity contribution in [3.63, 3.8) is 0 Å². The number of imide groups is 1. The number of aromatic hydroxyl groups is 1. The van der Waals surface area contributed by atoms with E-state index in [9.17, 15) is 14.7 Å². The molecule has 2 heterocycles. The summed E-state index contributed by atoms with van der Waals surface area (Å²) in [7, 11) is 0. The van der Waals surface area contributed by atoms with Crippen LogP contribution in [0.2, 0.25) is 0 Å². The Bertz CT molecular complexity index is 1220. The Morgan fingerprint density at radius 1 is 1.14 bits per heavy atom. The maximum absolute atomic E-state index is 13.5. The molecule has 0 spiro atoms. The molecule has 0 bridgehead atoms. The van der Waals surface area contributed by atoms with Crippen LogP contribution in [0.4, 0.5) is 5.69 Å². The molecule has 5 rings (SSSR count). The normalized spacial score (nSPS) is 26.4. The van der Waals surface area contributed by atoms with Gasteiger partial charge in [0, 0.05) is 16.0 Å². The maximum atomic E-state index is 13.5. The van der Waals surface area contributed by atoms with Gasteiger partial charge in [0.1, 0.15) is 5.75 Å². The van der Waals surface area contributed by atoms with Crippen LogP contribution in [-0.4, -0.2) is 29.6 Å². The van der Waals surface area contributed by atoms with Crippen LogP contribution in [0.3, 0.4) is 0 Å². The van der Waals surface area contributed by atoms with Gasteiger partial charge in [-0.3, -0.25) is 14.5 Å². The molecule has 1 aliphatic carbocycles. The van der Waals surface area contributed by atoms with Gasteiger partial charge in [-0.25, -0.2) is 0 Å². The first-order valence-corrected chi connectivity index (χ1v) is 13.1. The highest BCUT2D eigenvalue weighted by Crippen LogP contribution is 2.50. The summed E-state index contributed by atoms with van der Waals surface area (Å²) >= 11 is 3.47. The second-order valence-electron chi connectivity index (χ2n) is 9.75. The van der Waals surface area contributed by atoms with Crippen molar-refractivity contribution in [3.05, 3.63) is 75.3 Å². The van der Waals surface area contributed by atoms with Crippen LogP contribution in [0.1, 0.15) is 45.1 Å². The largest absolute Gasteiger partial charge is 0.507 e. The zero-order valence-electron chi connectivity index (χ0n) is 20.0. The number of amides is 2. The van der Waals surface area contributed by atoms with E-state index in [0.717, 1.165) is 29.3 Å². The Kier molecular flexibility index (Phi) is 6.69. The number of halogens is 1. The number of hydrogen-bond acceptors (Lipinski definition) is 4. The van der Waals surface area contributed by atoms with Crippen molar-refractivity contribution in [2.24, 2.45) is 17.8 Å². The fourth-order valence-electron chi connectivity index (χ4n) is 5.99. The Morgan fingerprint density at radius 3 is 2.66 bits per heavy atom. The Labute approximate surface area is 214 Å². The van der Waals surface area contributed by atoms with E-state index in [4.69, 9.17) is 4.74 Å². The van der Waals surface area contributed by atoms with Crippen molar-refractivity contribution in [3.8, 4) is 5.75 Å². The minimum absolute atomic E-state index is 0.0351. The third kappa shape index (κ3) is 4.38. The number of benzene rings is 2. The van der Waals surface area contributed by atoms with Crippen LogP contribution in [-0.2, 0) is 14.3 Å². The Balaban J connectivity index is 1.34. The summed E-state index contributed by atoms with van der Waals surface area (Å²) in [6.45, 7) is 4.70. The highest BCUT2D eigenvalue weighted by Gasteiger charge is 2.56. The lowest BCUT2D eigenvalue weighted by molar-refractivity contribution is -0.122. The summed E-state index contributed by atoms with van der Waals surface area (Å²) in [5.74, 6) is -0.592. The molecule has 2 aliphatic heterocycles. The molecule has 0 radical (unpaired) electrons. The number of rotatable bonds is 6. The number of ether oxygens (including phenoxy) is 1. The zero-order valence-corrected chi connectivity index (χ0v) is 21.6. The van der Waals surface area contributed by atoms with Crippen LogP contribution in [0.5, 0.6) is 5.75 Å². The molecule has 4 atom stereocenters. The second kappa shape index (κ2) is 9.75. The summed E-state index contributed by atoms with van der Waals surface area (Å²) in [5.41, 5.74) is 5.11. The Hall–Kier alpha value is -2.70. The molecular formula is C29H30BrNO4. The molecule has 2 amide bonds. The third-order valence-corrected chi connectivity index (χ3v) is 8.19. The van der Waals surface area contributed by atoms with Gasteiger partial charge in [0.2, 0.25) is 11.8 Å². The van der Waals surface area contributed by atoms with Gasteiger partial charge in [-0.05, 0) is 68.5 Å². The summed E-state index contributed by atoms with van der Waals surface area (Å²) < 4.78 is 7.19. The van der Waals surface area contributed by atoms with Crippen LogP contribution < -0.4 is 4.90 Å². The summed E-state index contributed by atoms with van der Waals surface area (Å²) in [6, 6.07) is 14.7. The number of nitrogens with zero attached hydrogens (tertiary/aromatic N) is 1. The minimum atomic E-state index is -0.341. The number of anilines is 1. The maximum Gasteiger partial charge on any atom is 0.238 e. The number of phenolic OH excluding ortho intramolecular Hbond substituents is 1. The second-order valence-corrected chi connectivity index (χ2v) is 10.7. The van der Waals surface area contributed by atoms with Crippen LogP contribution in [0.15, 0.2) is 69.7 Å². The van der Waals surface area contributed by atoms with Gasteiger partial charge in [0.05, 0.1) is 30.2 Å². The van der Waals surface area contributed by atoms with Gasteiger partial charge < -0.3 is 9.84 Å². The van der Waals surface area contributed by atoms with Crippen molar-refractivity contribution >= 4 is 39.5 Å². The molecule has 5 nitrogen and oxygen atoms in total. The standard InChI is InChI=1S/C29H30BrNO4/c1-3-18(14-19-15-20(30)10-11-24(19)32)9-12-25-26-17(2)13-22-27(23(26)16-35-25)29(34)31(28(22)33)21-7-5-4-6-8-21/h4-8,10-11,14-15,22-23,25,27,32H,3,9,12-13,16H2,1-2H3/b18-14+/t22-,23+,25-,27-/m1/s1. The monoisotopic (exact) mass is 535 g/mol. The molecule has 6 heteroatoms. The number of carbonyl (C=O) groups is 2. The van der Waals surface area contributed by atoms with E-state index in [1.807, 2.05) is 42.5 Å². The van der Waals surface area contributed by atoms with Gasteiger partial charge in [-0.2, -0.15) is 0 Å². The number of fused-ring (bicyclic) bond motifs is 3. The van der Waals surface area contributed by atoms with Crippen molar-refractivity contribution in [2.75, 3.05) is 11.5 Å². The smallest absolute Gasteiger partial charge is 0.238 e. The molecule has 0 aromatic heterocycles. The average Bonchev–Trinajstić information content (AvgIpc) is 3.38. The van der Waals surface area contributed by atoms with Gasteiger partial charge in [-0.15, -0.1) is 0 Å². The predicted octanol–water partition coefficient (Wildman–Crippen LogP) is 6.27. The van der Waals surface area contributed by atoms with E-state index in [2.05, 4.69) is 35.9 Å². The highest BCUT2D eigenvalue weighted by atomic mass is 79.9. The SMILES string of the molecule is CC/C(=C\c1cc(Br)ccc1O)CC[C@H]1OC[C@H]2C1=C(C)C[C@H]1C(=O)N(c3ccccc3)C(=O)[C@H]12. The van der Waals surface area contributed by atoms with E-state index in [-0.39, 0.29) is 41.4 Å². The summed E-state index contributed by atoms with van der Waals surface area (Å²) in [4.78, 5) is 28.1. The topological polar surface area (TPSA) is 66.8 Å². The van der Waals surface area contributed by atoms with E-state index < -0.39 is 0 Å². The van der Waals surface area contributed by atoms with E-state index in [1.165, 1.54) is 21.6 Å². The van der Waals surface area contributed by atoms with Gasteiger partial charge in [0.15, 0.2) is 0 Å². The first-order valence-electron chi connectivity index (χ1n) is 12.3. The van der Waals surface area contributed by atoms with E-state index in [1.54, 1.807) is 6.07 Å². The molecule has 35 heavy (non-hydrogen) atoms. The minimum Gasteiger partial charge on any atom is -0.507 e. The molecule has 2 fully saturated rings. The van der Waals surface area contributed by atoms with Crippen molar-refractivity contribution in [1.82, 2.24) is 0 Å². The van der Waals surface area contributed by atoms with E-state index in [0.29, 0.717) is 18.7 Å². The molecule has 3 aliphatic rings. The fraction of sp³-hybridized carbons (Fsp3) is 0.379. The molecule has 2 aromatic carbocycles. The first-order chi connectivity index (χ1) is 16.9. The molecule has 2 aromatic rings. The zero-order chi connectivity index (χ0) is 24.7. The molecular weight excluding hydrogens is 506 g/mol. The van der Waals surface area contributed by atoms with Crippen LogP contribution >= 0.6 is 15.9 Å². The lowest BCUT2D eigenvalue weighted by atomic mass is 9.70. The average molecular weight is 536 g/mol. The lowest BCUT2D eigenvalue weighted by Crippen LogP contribution is -2.34. The number of phenols is 1. The van der Waals surface area contributed by atoms with Crippen molar-refractivity contribution in [1.29, 1.82) is 0 Å². The van der Waals surface area contributed by atoms with Crippen molar-refractivity contribution < 1.29 is 19.4 Å². The molecule has 182 valence electrons. The lowest BCUT2D eigenvalue weighted by Gasteiger charge is -2.30. The van der Waals surface area contributed by atoms with Crippen LogP contribution in [0, 0.1) is 17.8 Å². The number of carbonyl (C=O) groups excluding carboxylic acids is 2. The summed E-state index contributed by atoms with van der Waals surface area (Å²) in [5, 5.41) is 10.2. The van der Waals surface area contributed by atoms with Crippen LogP contribution in [0.25, 0.3) is 6.08 Å². The molecule has 1 N–H and O–H groups in total. The predicted molar refractivity (Wildman–Crippen MR) is 140 cm³/mol. The third-order valence-electron chi connectivity index (χ3n) is 7.70. The quantitative estimate of drug-likeness (QED) is 0.349. The number of para-hydroxylation sites is 1.